The number of nitrogens with one attached hydrogen (secondary N) is 1. The minimum atomic E-state index is -0.182. The van der Waals surface area contributed by atoms with Crippen LogP contribution in [0.5, 0.6) is 0 Å². The van der Waals surface area contributed by atoms with Crippen LogP contribution in [-0.2, 0) is 0 Å². The Morgan fingerprint density at radius 1 is 1.50 bits per heavy atom. The second kappa shape index (κ2) is 6.85. The second-order valence-corrected chi connectivity index (χ2v) is 4.99. The molecule has 0 saturated heterocycles. The molecule has 0 aliphatic carbocycles. The van der Waals surface area contributed by atoms with Crippen LogP contribution in [0.25, 0.3) is 0 Å². The number of aliphatic hydroxyl groups excluding tert-OH is 1. The molecule has 0 spiro atoms. The van der Waals surface area contributed by atoms with Crippen LogP contribution in [0, 0.1) is 18.8 Å². The van der Waals surface area contributed by atoms with Crippen molar-refractivity contribution in [3.8, 4) is 11.8 Å². The first-order valence-electron chi connectivity index (χ1n) is 6.12. The molecule has 4 nitrogen and oxygen atoms in total. The number of thiazole rings is 1. The summed E-state index contributed by atoms with van der Waals surface area (Å²) in [6.07, 6.45) is 2.09. The van der Waals surface area contributed by atoms with Crippen LogP contribution in [-0.4, -0.2) is 22.6 Å². The number of nitrogens with zero attached hydrogens (tertiary/aromatic N) is 1. The topological polar surface area (TPSA) is 62.2 Å². The predicted octanol–water partition coefficient (Wildman–Crippen LogP) is 2.44. The molecule has 0 aliphatic rings. The molecule has 0 atom stereocenters. The van der Waals surface area contributed by atoms with Crippen LogP contribution in [0.2, 0.25) is 0 Å². The van der Waals surface area contributed by atoms with Crippen molar-refractivity contribution < 1.29 is 9.90 Å². The lowest BCUT2D eigenvalue weighted by atomic mass is 10.0. The Morgan fingerprint density at radius 2 is 2.35 bits per heavy atom. The summed E-state index contributed by atoms with van der Waals surface area (Å²) in [5, 5.41) is 13.8. The van der Waals surface area contributed by atoms with Crippen LogP contribution in [0.3, 0.4) is 0 Å². The van der Waals surface area contributed by atoms with Gasteiger partial charge in [-0.3, -0.25) is 10.1 Å². The van der Waals surface area contributed by atoms with Crippen molar-refractivity contribution in [1.29, 1.82) is 0 Å². The number of hydrogen-bond acceptors (Lipinski definition) is 4. The zero-order valence-electron chi connectivity index (χ0n) is 11.0. The van der Waals surface area contributed by atoms with Crippen LogP contribution in [0.15, 0.2) is 29.8 Å². The van der Waals surface area contributed by atoms with E-state index in [1.54, 1.807) is 23.7 Å². The zero-order chi connectivity index (χ0) is 14.4. The van der Waals surface area contributed by atoms with Gasteiger partial charge in [0.25, 0.3) is 5.91 Å². The van der Waals surface area contributed by atoms with Gasteiger partial charge < -0.3 is 5.11 Å². The number of carbonyl (C=O) groups excluding carboxylic acids is 1. The van der Waals surface area contributed by atoms with Crippen molar-refractivity contribution in [1.82, 2.24) is 4.98 Å². The van der Waals surface area contributed by atoms with Gasteiger partial charge >= 0.3 is 0 Å². The fourth-order valence-corrected chi connectivity index (χ4v) is 2.14. The first-order chi connectivity index (χ1) is 9.70. The fourth-order valence-electron chi connectivity index (χ4n) is 1.61. The van der Waals surface area contributed by atoms with Crippen molar-refractivity contribution in [2.24, 2.45) is 0 Å². The van der Waals surface area contributed by atoms with E-state index in [9.17, 15) is 4.79 Å². The van der Waals surface area contributed by atoms with Crippen molar-refractivity contribution in [3.05, 3.63) is 46.5 Å². The number of aliphatic hydroxyl groups is 1. The second-order valence-electron chi connectivity index (χ2n) is 4.10. The Hall–Kier alpha value is -2.16. The predicted molar refractivity (Wildman–Crippen MR) is 79.8 cm³/mol. The van der Waals surface area contributed by atoms with Gasteiger partial charge in [0.2, 0.25) is 0 Å². The Morgan fingerprint density at radius 3 is 3.00 bits per heavy atom. The van der Waals surface area contributed by atoms with Gasteiger partial charge in [0.15, 0.2) is 5.13 Å². The molecule has 1 aromatic heterocycles. The molecule has 20 heavy (non-hydrogen) atoms. The summed E-state index contributed by atoms with van der Waals surface area (Å²) in [6.45, 7) is 1.96. The molecule has 0 radical (unpaired) electrons. The maximum atomic E-state index is 12.0. The highest BCUT2D eigenvalue weighted by Gasteiger charge is 2.08. The molecule has 1 aromatic carbocycles. The summed E-state index contributed by atoms with van der Waals surface area (Å²) in [5.74, 6) is 5.66. The first-order valence-corrected chi connectivity index (χ1v) is 7.00. The van der Waals surface area contributed by atoms with Crippen molar-refractivity contribution in [2.45, 2.75) is 13.3 Å². The van der Waals surface area contributed by atoms with Gasteiger partial charge in [-0.2, -0.15) is 0 Å². The number of anilines is 1. The third kappa shape index (κ3) is 3.67. The molecule has 1 amide bonds. The number of amides is 1. The van der Waals surface area contributed by atoms with E-state index in [1.807, 2.05) is 13.0 Å². The summed E-state index contributed by atoms with van der Waals surface area (Å²) in [5.41, 5.74) is 2.37. The van der Waals surface area contributed by atoms with Crippen LogP contribution >= 0.6 is 11.3 Å². The average molecular weight is 286 g/mol. The molecule has 0 fully saturated rings. The van der Waals surface area contributed by atoms with Gasteiger partial charge in [0.1, 0.15) is 0 Å². The molecule has 2 rings (SSSR count). The molecular formula is C15H14N2O2S. The van der Waals surface area contributed by atoms with Gasteiger partial charge in [-0.1, -0.05) is 11.8 Å². The molecule has 0 unspecified atom stereocenters. The van der Waals surface area contributed by atoms with Gasteiger partial charge in [0, 0.05) is 29.1 Å². The van der Waals surface area contributed by atoms with Crippen LogP contribution < -0.4 is 5.32 Å². The SMILES string of the molecule is Cc1cc(C(=O)Nc2nccs2)ccc1C#CCCO. The summed E-state index contributed by atoms with van der Waals surface area (Å²) >= 11 is 1.38. The molecule has 2 N–H and O–H groups in total. The lowest BCUT2D eigenvalue weighted by Gasteiger charge is -2.04. The standard InChI is InChI=1S/C15H14N2O2S/c1-11-10-13(6-5-12(11)4-2-3-8-18)14(19)17-15-16-7-9-20-15/h5-7,9-10,18H,3,8H2,1H3,(H,16,17,19). The minimum absolute atomic E-state index is 0.0559. The van der Waals surface area contributed by atoms with E-state index in [0.717, 1.165) is 11.1 Å². The van der Waals surface area contributed by atoms with Crippen molar-refractivity contribution >= 4 is 22.4 Å². The average Bonchev–Trinajstić information content (AvgIpc) is 2.93. The summed E-state index contributed by atoms with van der Waals surface area (Å²) in [7, 11) is 0. The number of benzene rings is 1. The number of hydrogen-bond donors (Lipinski definition) is 2. The Labute approximate surface area is 121 Å². The molecule has 0 saturated carbocycles. The molecular weight excluding hydrogens is 272 g/mol. The lowest BCUT2D eigenvalue weighted by Crippen LogP contribution is -2.11. The number of aromatic nitrogens is 1. The van der Waals surface area contributed by atoms with E-state index in [-0.39, 0.29) is 12.5 Å². The van der Waals surface area contributed by atoms with Crippen molar-refractivity contribution in [2.75, 3.05) is 11.9 Å². The largest absolute Gasteiger partial charge is 0.395 e. The molecule has 1 heterocycles. The van der Waals surface area contributed by atoms with E-state index in [2.05, 4.69) is 22.1 Å². The van der Waals surface area contributed by atoms with E-state index in [1.165, 1.54) is 11.3 Å². The highest BCUT2D eigenvalue weighted by Crippen LogP contribution is 2.14. The Kier molecular flexibility index (Phi) is 4.88. The molecule has 102 valence electrons. The maximum absolute atomic E-state index is 12.0. The van der Waals surface area contributed by atoms with Crippen LogP contribution in [0.4, 0.5) is 5.13 Å². The first kappa shape index (κ1) is 14.3. The number of carbonyl (C=O) groups is 1. The maximum Gasteiger partial charge on any atom is 0.257 e. The van der Waals surface area contributed by atoms with E-state index in [4.69, 9.17) is 5.11 Å². The zero-order valence-corrected chi connectivity index (χ0v) is 11.8. The third-order valence-electron chi connectivity index (χ3n) is 2.60. The monoisotopic (exact) mass is 286 g/mol. The molecule has 5 heteroatoms. The summed E-state index contributed by atoms with van der Waals surface area (Å²) in [4.78, 5) is 16.0. The minimum Gasteiger partial charge on any atom is -0.395 e. The highest BCUT2D eigenvalue weighted by atomic mass is 32.1. The van der Waals surface area contributed by atoms with Gasteiger partial charge in [-0.05, 0) is 30.7 Å². The molecule has 0 aliphatic heterocycles. The van der Waals surface area contributed by atoms with E-state index < -0.39 is 0 Å². The summed E-state index contributed by atoms with van der Waals surface area (Å²) in [6, 6.07) is 5.35. The molecule has 2 aromatic rings. The van der Waals surface area contributed by atoms with E-state index in [0.29, 0.717) is 17.1 Å². The smallest absolute Gasteiger partial charge is 0.257 e. The lowest BCUT2D eigenvalue weighted by molar-refractivity contribution is 0.102. The fraction of sp³-hybridized carbons (Fsp3) is 0.200. The van der Waals surface area contributed by atoms with Gasteiger partial charge in [0.05, 0.1) is 6.61 Å². The third-order valence-corrected chi connectivity index (χ3v) is 3.29. The van der Waals surface area contributed by atoms with Gasteiger partial charge in [-0.25, -0.2) is 4.98 Å². The van der Waals surface area contributed by atoms with Crippen molar-refractivity contribution in [3.63, 3.8) is 0 Å². The Balaban J connectivity index is 2.12. The highest BCUT2D eigenvalue weighted by molar-refractivity contribution is 7.13. The quantitative estimate of drug-likeness (QED) is 0.852. The molecule has 0 bridgehead atoms. The normalized spacial score (nSPS) is 9.70. The van der Waals surface area contributed by atoms with E-state index >= 15 is 0 Å². The number of aryl methyl sites for hydroxylation is 1. The summed E-state index contributed by atoms with van der Waals surface area (Å²) < 4.78 is 0. The number of rotatable bonds is 3. The van der Waals surface area contributed by atoms with Gasteiger partial charge in [-0.15, -0.1) is 11.3 Å². The van der Waals surface area contributed by atoms with Crippen LogP contribution in [0.1, 0.15) is 27.9 Å². The Bertz CT molecular complexity index is 654.